The predicted molar refractivity (Wildman–Crippen MR) is 134 cm³/mol. The summed E-state index contributed by atoms with van der Waals surface area (Å²) in [7, 11) is 0. The minimum Gasteiger partial charge on any atom is -0.490 e. The third-order valence-electron chi connectivity index (χ3n) is 5.56. The molecule has 3 aromatic carbocycles. The molecule has 0 saturated heterocycles. The number of anilines is 2. The second-order valence-corrected chi connectivity index (χ2v) is 8.00. The molecule has 1 N–H and O–H groups in total. The van der Waals surface area contributed by atoms with Crippen LogP contribution in [0.3, 0.4) is 0 Å². The minimum atomic E-state index is -0.405. The van der Waals surface area contributed by atoms with Gasteiger partial charge in [0, 0.05) is 11.8 Å². The van der Waals surface area contributed by atoms with E-state index in [1.165, 1.54) is 4.90 Å². The van der Waals surface area contributed by atoms with Crippen molar-refractivity contribution in [2.24, 2.45) is 0 Å². The highest BCUT2D eigenvalue weighted by molar-refractivity contribution is 6.46. The van der Waals surface area contributed by atoms with Gasteiger partial charge in [-0.05, 0) is 63.1 Å². The molecule has 0 radical (unpaired) electrons. The first kappa shape index (κ1) is 23.1. The number of amides is 2. The number of aryl methyl sites for hydroxylation is 2. The second kappa shape index (κ2) is 9.83. The van der Waals surface area contributed by atoms with Crippen LogP contribution in [0.15, 0.2) is 72.4 Å². The third-order valence-corrected chi connectivity index (χ3v) is 5.56. The van der Waals surface area contributed by atoms with Crippen LogP contribution in [0.5, 0.6) is 11.5 Å². The Morgan fingerprint density at radius 1 is 0.794 bits per heavy atom. The number of carbonyl (C=O) groups excluding carboxylic acids is 2. The number of para-hydroxylation sites is 1. The predicted octanol–water partition coefficient (Wildman–Crippen LogP) is 5.50. The molecule has 0 aliphatic carbocycles. The number of nitrogens with one attached hydrogen (secondary N) is 1. The maximum Gasteiger partial charge on any atom is 0.282 e. The van der Waals surface area contributed by atoms with Gasteiger partial charge in [-0.25, -0.2) is 4.90 Å². The minimum absolute atomic E-state index is 0.229. The van der Waals surface area contributed by atoms with Gasteiger partial charge in [-0.15, -0.1) is 0 Å². The van der Waals surface area contributed by atoms with Gasteiger partial charge in [-0.1, -0.05) is 42.0 Å². The van der Waals surface area contributed by atoms with Crippen molar-refractivity contribution in [1.29, 1.82) is 0 Å². The van der Waals surface area contributed by atoms with Gasteiger partial charge in [0.05, 0.1) is 24.5 Å². The molecule has 34 heavy (non-hydrogen) atoms. The smallest absolute Gasteiger partial charge is 0.282 e. The van der Waals surface area contributed by atoms with E-state index < -0.39 is 5.91 Å². The summed E-state index contributed by atoms with van der Waals surface area (Å²) < 4.78 is 11.4. The van der Waals surface area contributed by atoms with E-state index in [1.807, 2.05) is 58.0 Å². The number of hydrogen-bond donors (Lipinski definition) is 1. The fourth-order valence-corrected chi connectivity index (χ4v) is 4.07. The SMILES string of the molecule is CCOc1ccc(NC2=C(c3ccc(C)cc3C)C(=O)N(c3ccccc3)C2=O)cc1OCC. The highest BCUT2D eigenvalue weighted by atomic mass is 16.5. The van der Waals surface area contributed by atoms with Crippen LogP contribution < -0.4 is 19.7 Å². The number of imide groups is 1. The molecule has 4 rings (SSSR count). The summed E-state index contributed by atoms with van der Waals surface area (Å²) in [5, 5.41) is 3.21. The molecule has 0 fully saturated rings. The first-order valence-electron chi connectivity index (χ1n) is 11.4. The molecule has 0 aromatic heterocycles. The van der Waals surface area contributed by atoms with E-state index in [2.05, 4.69) is 5.32 Å². The van der Waals surface area contributed by atoms with Gasteiger partial charge in [0.1, 0.15) is 5.70 Å². The summed E-state index contributed by atoms with van der Waals surface area (Å²) >= 11 is 0. The zero-order valence-corrected chi connectivity index (χ0v) is 19.8. The molecule has 0 unspecified atom stereocenters. The van der Waals surface area contributed by atoms with E-state index >= 15 is 0 Å². The lowest BCUT2D eigenvalue weighted by Gasteiger charge is -2.16. The van der Waals surface area contributed by atoms with Crippen molar-refractivity contribution in [3.8, 4) is 11.5 Å². The summed E-state index contributed by atoms with van der Waals surface area (Å²) in [6.07, 6.45) is 0. The molecule has 1 heterocycles. The van der Waals surface area contributed by atoms with Crippen molar-refractivity contribution in [2.75, 3.05) is 23.4 Å². The lowest BCUT2D eigenvalue weighted by Crippen LogP contribution is -2.32. The Bertz CT molecular complexity index is 1260. The maximum absolute atomic E-state index is 13.6. The summed E-state index contributed by atoms with van der Waals surface area (Å²) in [6, 6.07) is 20.2. The van der Waals surface area contributed by atoms with Crippen LogP contribution in [0.4, 0.5) is 11.4 Å². The van der Waals surface area contributed by atoms with Crippen molar-refractivity contribution in [1.82, 2.24) is 0 Å². The summed E-state index contributed by atoms with van der Waals surface area (Å²) in [5.74, 6) is 0.428. The van der Waals surface area contributed by atoms with Gasteiger partial charge in [0.2, 0.25) is 0 Å². The molecular formula is C28H28N2O4. The van der Waals surface area contributed by atoms with Gasteiger partial charge in [0.25, 0.3) is 11.8 Å². The Kier molecular flexibility index (Phi) is 6.68. The average Bonchev–Trinajstić information content (AvgIpc) is 3.06. The molecule has 6 heteroatoms. The standard InChI is InChI=1S/C28H28N2O4/c1-5-33-23-15-13-20(17-24(23)34-6-2)29-26-25(22-14-12-18(3)16-19(22)4)27(31)30(28(26)32)21-10-8-7-9-11-21/h7-17,29H,5-6H2,1-4H3. The molecule has 3 aromatic rings. The van der Waals surface area contributed by atoms with E-state index in [0.29, 0.717) is 41.7 Å². The Morgan fingerprint density at radius 2 is 1.50 bits per heavy atom. The Hall–Kier alpha value is -4.06. The number of hydrogen-bond acceptors (Lipinski definition) is 5. The topological polar surface area (TPSA) is 67.9 Å². The van der Waals surface area contributed by atoms with Crippen LogP contribution in [0, 0.1) is 13.8 Å². The van der Waals surface area contributed by atoms with E-state index in [-0.39, 0.29) is 11.6 Å². The molecule has 1 aliphatic rings. The number of ether oxygens (including phenoxy) is 2. The lowest BCUT2D eigenvalue weighted by molar-refractivity contribution is -0.120. The van der Waals surface area contributed by atoms with Crippen molar-refractivity contribution >= 4 is 28.8 Å². The molecule has 1 aliphatic heterocycles. The molecule has 0 spiro atoms. The van der Waals surface area contributed by atoms with Gasteiger partial charge in [0.15, 0.2) is 11.5 Å². The third kappa shape index (κ3) is 4.39. The Balaban J connectivity index is 1.82. The summed E-state index contributed by atoms with van der Waals surface area (Å²) in [6.45, 7) is 8.72. The fraction of sp³-hybridized carbons (Fsp3) is 0.214. The van der Waals surface area contributed by atoms with Crippen molar-refractivity contribution in [3.63, 3.8) is 0 Å². The Morgan fingerprint density at radius 3 is 2.18 bits per heavy atom. The lowest BCUT2D eigenvalue weighted by atomic mass is 9.97. The fourth-order valence-electron chi connectivity index (χ4n) is 4.07. The van der Waals surface area contributed by atoms with Crippen LogP contribution >= 0.6 is 0 Å². The van der Waals surface area contributed by atoms with E-state index in [4.69, 9.17) is 9.47 Å². The van der Waals surface area contributed by atoms with Crippen molar-refractivity contribution < 1.29 is 19.1 Å². The van der Waals surface area contributed by atoms with Crippen molar-refractivity contribution in [3.05, 3.63) is 89.1 Å². The Labute approximate surface area is 199 Å². The van der Waals surface area contributed by atoms with Crippen LogP contribution in [0.25, 0.3) is 5.57 Å². The highest BCUT2D eigenvalue weighted by Gasteiger charge is 2.40. The van der Waals surface area contributed by atoms with Gasteiger partial charge >= 0.3 is 0 Å². The van der Waals surface area contributed by atoms with E-state index in [1.54, 1.807) is 36.4 Å². The first-order chi connectivity index (χ1) is 16.4. The largest absolute Gasteiger partial charge is 0.490 e. The highest BCUT2D eigenvalue weighted by Crippen LogP contribution is 2.37. The van der Waals surface area contributed by atoms with Crippen LogP contribution in [0.2, 0.25) is 0 Å². The van der Waals surface area contributed by atoms with Crippen LogP contribution in [0.1, 0.15) is 30.5 Å². The van der Waals surface area contributed by atoms with Crippen LogP contribution in [-0.2, 0) is 9.59 Å². The quantitative estimate of drug-likeness (QED) is 0.454. The molecule has 0 atom stereocenters. The molecule has 174 valence electrons. The summed E-state index contributed by atoms with van der Waals surface area (Å²) in [4.78, 5) is 28.4. The first-order valence-corrected chi connectivity index (χ1v) is 11.4. The number of carbonyl (C=O) groups is 2. The normalized spacial score (nSPS) is 13.5. The monoisotopic (exact) mass is 456 g/mol. The second-order valence-electron chi connectivity index (χ2n) is 8.00. The molecular weight excluding hydrogens is 428 g/mol. The molecule has 0 bridgehead atoms. The zero-order chi connectivity index (χ0) is 24.2. The number of benzene rings is 3. The van der Waals surface area contributed by atoms with Crippen molar-refractivity contribution in [2.45, 2.75) is 27.7 Å². The number of rotatable bonds is 8. The van der Waals surface area contributed by atoms with E-state index in [9.17, 15) is 9.59 Å². The van der Waals surface area contributed by atoms with Crippen LogP contribution in [-0.4, -0.2) is 25.0 Å². The molecule has 0 saturated carbocycles. The average molecular weight is 457 g/mol. The van der Waals surface area contributed by atoms with Gasteiger partial charge in [-0.2, -0.15) is 0 Å². The molecule has 6 nitrogen and oxygen atoms in total. The maximum atomic E-state index is 13.6. The zero-order valence-electron chi connectivity index (χ0n) is 19.8. The van der Waals surface area contributed by atoms with E-state index in [0.717, 1.165) is 16.7 Å². The van der Waals surface area contributed by atoms with Gasteiger partial charge in [-0.3, -0.25) is 9.59 Å². The molecule has 2 amide bonds. The number of nitrogens with zero attached hydrogens (tertiary/aromatic N) is 1. The summed E-state index contributed by atoms with van der Waals surface area (Å²) in [5.41, 5.74) is 4.46. The van der Waals surface area contributed by atoms with Gasteiger partial charge < -0.3 is 14.8 Å².